The first kappa shape index (κ1) is 15.2. The van der Waals surface area contributed by atoms with Gasteiger partial charge in [0.2, 0.25) is 5.82 Å². The lowest BCUT2D eigenvalue weighted by Gasteiger charge is -2.11. The van der Waals surface area contributed by atoms with Gasteiger partial charge in [-0.2, -0.15) is 13.2 Å². The number of aromatic nitrogens is 3. The average Bonchev–Trinajstić information content (AvgIpc) is 2.82. The molecule has 2 N–H and O–H groups in total. The van der Waals surface area contributed by atoms with Crippen molar-refractivity contribution in [1.82, 2.24) is 15.0 Å². The first-order valence-electron chi connectivity index (χ1n) is 6.40. The van der Waals surface area contributed by atoms with Crippen LogP contribution in [0.15, 0.2) is 24.3 Å². The summed E-state index contributed by atoms with van der Waals surface area (Å²) in [5.74, 6) is -3.21. The SMILES string of the molecule is Cc1cc2c(Nc3cc(F)ccc3F)nc(C(F)(F)F)nc2[nH]1. The van der Waals surface area contributed by atoms with Crippen molar-refractivity contribution >= 4 is 22.5 Å². The van der Waals surface area contributed by atoms with Crippen LogP contribution in [0.4, 0.5) is 33.5 Å². The van der Waals surface area contributed by atoms with Crippen LogP contribution in [0.1, 0.15) is 11.5 Å². The van der Waals surface area contributed by atoms with Crippen LogP contribution in [0.3, 0.4) is 0 Å². The monoisotopic (exact) mass is 328 g/mol. The number of aryl methyl sites for hydroxylation is 1. The number of hydrogen-bond acceptors (Lipinski definition) is 3. The van der Waals surface area contributed by atoms with Gasteiger partial charge in [-0.05, 0) is 25.1 Å². The molecule has 0 aliphatic carbocycles. The lowest BCUT2D eigenvalue weighted by Crippen LogP contribution is -2.12. The molecule has 2 heterocycles. The van der Waals surface area contributed by atoms with E-state index in [0.717, 1.165) is 18.2 Å². The molecule has 0 saturated carbocycles. The summed E-state index contributed by atoms with van der Waals surface area (Å²) in [6.07, 6.45) is -4.77. The van der Waals surface area contributed by atoms with Gasteiger partial charge in [0.1, 0.15) is 23.1 Å². The van der Waals surface area contributed by atoms with E-state index in [4.69, 9.17) is 0 Å². The Morgan fingerprint density at radius 1 is 1.09 bits per heavy atom. The van der Waals surface area contributed by atoms with E-state index < -0.39 is 23.6 Å². The van der Waals surface area contributed by atoms with Gasteiger partial charge in [-0.25, -0.2) is 18.7 Å². The number of alkyl halides is 3. The van der Waals surface area contributed by atoms with Gasteiger partial charge in [-0.1, -0.05) is 0 Å². The van der Waals surface area contributed by atoms with Crippen molar-refractivity contribution in [1.29, 1.82) is 0 Å². The van der Waals surface area contributed by atoms with Crippen molar-refractivity contribution in [2.24, 2.45) is 0 Å². The van der Waals surface area contributed by atoms with Crippen LogP contribution >= 0.6 is 0 Å². The fraction of sp³-hybridized carbons (Fsp3) is 0.143. The molecular formula is C14H9F5N4. The number of halogens is 5. The van der Waals surface area contributed by atoms with E-state index in [0.29, 0.717) is 5.69 Å². The minimum atomic E-state index is -4.77. The Hall–Kier alpha value is -2.71. The van der Waals surface area contributed by atoms with E-state index in [1.54, 1.807) is 6.92 Å². The zero-order chi connectivity index (χ0) is 16.8. The maximum Gasteiger partial charge on any atom is 0.451 e. The fourth-order valence-corrected chi connectivity index (χ4v) is 2.08. The standard InChI is InChI=1S/C14H9F5N4/c1-6-4-8-11(20-6)22-13(14(17,18)19)23-12(8)21-10-5-7(15)2-3-9(10)16/h2-5H,1H3,(H2,20,21,22,23). The molecule has 0 aliphatic rings. The molecule has 1 aromatic carbocycles. The van der Waals surface area contributed by atoms with Gasteiger partial charge in [0.15, 0.2) is 0 Å². The number of hydrogen-bond donors (Lipinski definition) is 2. The largest absolute Gasteiger partial charge is 0.451 e. The van der Waals surface area contributed by atoms with Gasteiger partial charge in [-0.3, -0.25) is 0 Å². The number of nitrogens with one attached hydrogen (secondary N) is 2. The van der Waals surface area contributed by atoms with Gasteiger partial charge >= 0.3 is 6.18 Å². The first-order valence-corrected chi connectivity index (χ1v) is 6.40. The number of fused-ring (bicyclic) bond motifs is 1. The Morgan fingerprint density at radius 2 is 1.83 bits per heavy atom. The maximum atomic E-state index is 13.7. The predicted octanol–water partition coefficient (Wildman–Crippen LogP) is 4.31. The predicted molar refractivity (Wildman–Crippen MR) is 73.3 cm³/mol. The summed E-state index contributed by atoms with van der Waals surface area (Å²) in [7, 11) is 0. The highest BCUT2D eigenvalue weighted by Crippen LogP contribution is 2.32. The number of benzene rings is 1. The number of anilines is 2. The summed E-state index contributed by atoms with van der Waals surface area (Å²) in [5.41, 5.74) is 0.178. The summed E-state index contributed by atoms with van der Waals surface area (Å²) in [4.78, 5) is 9.47. The van der Waals surface area contributed by atoms with E-state index in [1.807, 2.05) is 0 Å². The summed E-state index contributed by atoms with van der Waals surface area (Å²) in [6.45, 7) is 1.63. The van der Waals surface area contributed by atoms with E-state index in [-0.39, 0.29) is 22.5 Å². The molecule has 120 valence electrons. The summed E-state index contributed by atoms with van der Waals surface area (Å²) < 4.78 is 65.6. The third-order valence-corrected chi connectivity index (χ3v) is 3.06. The molecule has 0 amide bonds. The minimum absolute atomic E-state index is 0.0517. The molecule has 3 aromatic rings. The van der Waals surface area contributed by atoms with Crippen molar-refractivity contribution < 1.29 is 22.0 Å². The van der Waals surface area contributed by atoms with E-state index >= 15 is 0 Å². The molecule has 3 rings (SSSR count). The molecule has 4 nitrogen and oxygen atoms in total. The molecule has 0 unspecified atom stereocenters. The van der Waals surface area contributed by atoms with E-state index in [2.05, 4.69) is 20.3 Å². The second-order valence-electron chi connectivity index (χ2n) is 4.86. The summed E-state index contributed by atoms with van der Waals surface area (Å²) in [6, 6.07) is 4.10. The van der Waals surface area contributed by atoms with Crippen LogP contribution in [0.2, 0.25) is 0 Å². The average molecular weight is 328 g/mol. The highest BCUT2D eigenvalue weighted by atomic mass is 19.4. The van der Waals surface area contributed by atoms with Crippen LogP contribution in [0, 0.1) is 18.6 Å². The molecule has 0 bridgehead atoms. The van der Waals surface area contributed by atoms with Gasteiger partial charge in [0.05, 0.1) is 11.1 Å². The molecular weight excluding hydrogens is 319 g/mol. The Balaban J connectivity index is 2.17. The van der Waals surface area contributed by atoms with Crippen molar-refractivity contribution in [2.75, 3.05) is 5.32 Å². The fourth-order valence-electron chi connectivity index (χ4n) is 2.08. The normalized spacial score (nSPS) is 11.9. The zero-order valence-corrected chi connectivity index (χ0v) is 11.6. The van der Waals surface area contributed by atoms with E-state index in [9.17, 15) is 22.0 Å². The first-order chi connectivity index (χ1) is 10.7. The molecule has 23 heavy (non-hydrogen) atoms. The van der Waals surface area contributed by atoms with E-state index in [1.165, 1.54) is 6.07 Å². The van der Waals surface area contributed by atoms with Gasteiger partial charge in [-0.15, -0.1) is 0 Å². The Labute approximate surface area is 126 Å². The Morgan fingerprint density at radius 3 is 2.52 bits per heavy atom. The molecule has 0 spiro atoms. The summed E-state index contributed by atoms with van der Waals surface area (Å²) in [5, 5.41) is 2.63. The van der Waals surface area contributed by atoms with Crippen LogP contribution in [-0.2, 0) is 6.18 Å². The van der Waals surface area contributed by atoms with Crippen molar-refractivity contribution in [2.45, 2.75) is 13.1 Å². The molecule has 0 saturated heterocycles. The maximum absolute atomic E-state index is 13.7. The van der Waals surface area contributed by atoms with Crippen molar-refractivity contribution in [3.8, 4) is 0 Å². The third kappa shape index (κ3) is 2.94. The second kappa shape index (κ2) is 5.18. The number of H-pyrrole nitrogens is 1. The second-order valence-corrected chi connectivity index (χ2v) is 4.86. The van der Waals surface area contributed by atoms with Gasteiger partial charge < -0.3 is 10.3 Å². The Bertz CT molecular complexity index is 885. The van der Waals surface area contributed by atoms with Crippen molar-refractivity contribution in [3.63, 3.8) is 0 Å². The quantitative estimate of drug-likeness (QED) is 0.689. The van der Waals surface area contributed by atoms with Crippen LogP contribution in [-0.4, -0.2) is 15.0 Å². The van der Waals surface area contributed by atoms with Crippen LogP contribution in [0.5, 0.6) is 0 Å². The smallest absolute Gasteiger partial charge is 0.343 e. The van der Waals surface area contributed by atoms with Crippen LogP contribution in [0.25, 0.3) is 11.0 Å². The lowest BCUT2D eigenvalue weighted by atomic mass is 10.2. The molecule has 0 atom stereocenters. The highest BCUT2D eigenvalue weighted by molar-refractivity contribution is 5.89. The Kier molecular flexibility index (Phi) is 3.42. The highest BCUT2D eigenvalue weighted by Gasteiger charge is 2.36. The van der Waals surface area contributed by atoms with Gasteiger partial charge in [0.25, 0.3) is 0 Å². The molecule has 0 radical (unpaired) electrons. The molecule has 0 aliphatic heterocycles. The summed E-state index contributed by atoms with van der Waals surface area (Å²) >= 11 is 0. The number of nitrogens with zero attached hydrogens (tertiary/aromatic N) is 2. The molecule has 0 fully saturated rings. The van der Waals surface area contributed by atoms with Crippen molar-refractivity contribution in [3.05, 3.63) is 47.4 Å². The number of rotatable bonds is 2. The topological polar surface area (TPSA) is 53.6 Å². The molecule has 9 heteroatoms. The van der Waals surface area contributed by atoms with Gasteiger partial charge in [0, 0.05) is 11.8 Å². The lowest BCUT2D eigenvalue weighted by molar-refractivity contribution is -0.144. The molecule has 2 aromatic heterocycles. The minimum Gasteiger partial charge on any atom is -0.343 e. The van der Waals surface area contributed by atoms with Crippen LogP contribution < -0.4 is 5.32 Å². The third-order valence-electron chi connectivity index (χ3n) is 3.06. The number of aromatic amines is 1. The zero-order valence-electron chi connectivity index (χ0n) is 11.6.